The van der Waals surface area contributed by atoms with Gasteiger partial charge in [0.25, 0.3) is 11.2 Å². The molecule has 9 nitrogen and oxygen atoms in total. The molecule has 0 radical (unpaired) electrons. The summed E-state index contributed by atoms with van der Waals surface area (Å²) in [4.78, 5) is 32.2. The lowest BCUT2D eigenvalue weighted by molar-refractivity contribution is -0.385. The van der Waals surface area contributed by atoms with Crippen molar-refractivity contribution >= 4 is 70.6 Å². The first-order valence-corrected chi connectivity index (χ1v) is 13.2. The molecule has 0 unspecified atom stereocenters. The minimum Gasteiger partial charge on any atom is -0.437 e. The lowest BCUT2D eigenvalue weighted by atomic mass is 10.2. The highest BCUT2D eigenvalue weighted by molar-refractivity contribution is 9.11. The summed E-state index contributed by atoms with van der Waals surface area (Å²) in [7, 11) is 0. The fourth-order valence-corrected chi connectivity index (χ4v) is 5.08. The molecule has 12 heteroatoms. The van der Waals surface area contributed by atoms with Gasteiger partial charge >= 0.3 is 0 Å². The molecule has 0 bridgehead atoms. The molecule has 2 heterocycles. The Morgan fingerprint density at radius 1 is 1.14 bits per heavy atom. The quantitative estimate of drug-likeness (QED) is 0.113. The monoisotopic (exact) mass is 677 g/mol. The predicted octanol–water partition coefficient (Wildman–Crippen LogP) is 7.00. The van der Waals surface area contributed by atoms with Gasteiger partial charge in [0, 0.05) is 23.0 Å². The van der Waals surface area contributed by atoms with Gasteiger partial charge in [0.05, 0.1) is 31.0 Å². The molecule has 0 fully saturated rings. The average Bonchev–Trinajstić information content (AvgIpc) is 2.85. The van der Waals surface area contributed by atoms with Crippen LogP contribution in [0.3, 0.4) is 0 Å². The third-order valence-corrected chi connectivity index (χ3v) is 6.78. The highest BCUT2D eigenvalue weighted by Crippen LogP contribution is 2.37. The molecule has 0 saturated heterocycles. The van der Waals surface area contributed by atoms with E-state index in [9.17, 15) is 14.9 Å². The van der Waals surface area contributed by atoms with Gasteiger partial charge in [-0.1, -0.05) is 29.3 Å². The Balaban J connectivity index is 1.67. The van der Waals surface area contributed by atoms with Crippen molar-refractivity contribution in [1.29, 1.82) is 0 Å². The number of ether oxygens (including phenoxy) is 1. The Kier molecular flexibility index (Phi) is 8.27. The predicted molar refractivity (Wildman–Crippen MR) is 148 cm³/mol. The molecule has 184 valence electrons. The summed E-state index contributed by atoms with van der Waals surface area (Å²) in [5, 5.41) is 15.8. The zero-order chi connectivity index (χ0) is 25.8. The van der Waals surface area contributed by atoms with Crippen LogP contribution >= 0.6 is 47.8 Å². The first kappa shape index (κ1) is 26.1. The molecule has 4 rings (SSSR count). The standard InChI is InChI=1S/C24H18Br3N5O4/c1-2-3-4-21-30-20-7-5-15(25)11-17(20)24(33)31(21)29-12-14-9-18(26)23(19(27)10-14)36-22-8-6-16(13-28-22)32(34)35/h5-13H,2-4H2,1H3. The van der Waals surface area contributed by atoms with Gasteiger partial charge in [-0.15, -0.1) is 0 Å². The van der Waals surface area contributed by atoms with E-state index in [0.29, 0.717) is 43.4 Å². The number of halogens is 3. The zero-order valence-corrected chi connectivity index (χ0v) is 23.6. The van der Waals surface area contributed by atoms with Crippen LogP contribution in [0.15, 0.2) is 72.0 Å². The Labute approximate surface area is 230 Å². The van der Waals surface area contributed by atoms with Crippen molar-refractivity contribution < 1.29 is 9.66 Å². The van der Waals surface area contributed by atoms with Crippen LogP contribution in [0.2, 0.25) is 0 Å². The third kappa shape index (κ3) is 5.88. The van der Waals surface area contributed by atoms with E-state index in [-0.39, 0.29) is 17.1 Å². The first-order valence-electron chi connectivity index (χ1n) is 10.8. The van der Waals surface area contributed by atoms with E-state index in [4.69, 9.17) is 4.74 Å². The van der Waals surface area contributed by atoms with Crippen LogP contribution in [0.4, 0.5) is 5.69 Å². The largest absolute Gasteiger partial charge is 0.437 e. The average molecular weight is 680 g/mol. The molecule has 36 heavy (non-hydrogen) atoms. The van der Waals surface area contributed by atoms with Crippen LogP contribution in [0.5, 0.6) is 11.6 Å². The maximum absolute atomic E-state index is 13.2. The number of fused-ring (bicyclic) bond motifs is 1. The summed E-state index contributed by atoms with van der Waals surface area (Å²) >= 11 is 10.4. The lowest BCUT2D eigenvalue weighted by Crippen LogP contribution is -2.22. The maximum Gasteiger partial charge on any atom is 0.287 e. The van der Waals surface area contributed by atoms with Crippen LogP contribution < -0.4 is 10.3 Å². The summed E-state index contributed by atoms with van der Waals surface area (Å²) in [6.45, 7) is 2.08. The van der Waals surface area contributed by atoms with Crippen LogP contribution in [-0.4, -0.2) is 25.8 Å². The number of nitrogens with zero attached hydrogens (tertiary/aromatic N) is 5. The molecular formula is C24H18Br3N5O4. The van der Waals surface area contributed by atoms with Crippen molar-refractivity contribution in [1.82, 2.24) is 14.6 Å². The second-order valence-electron chi connectivity index (χ2n) is 7.68. The lowest BCUT2D eigenvalue weighted by Gasteiger charge is -2.11. The number of unbranched alkanes of at least 4 members (excludes halogenated alkanes) is 1. The Hall–Kier alpha value is -2.96. The Morgan fingerprint density at radius 2 is 1.89 bits per heavy atom. The molecule has 0 aliphatic rings. The highest BCUT2D eigenvalue weighted by atomic mass is 79.9. The number of aromatic nitrogens is 3. The van der Waals surface area contributed by atoms with Crippen molar-refractivity contribution in [3.63, 3.8) is 0 Å². The molecule has 0 spiro atoms. The molecule has 0 N–H and O–H groups in total. The number of hydrogen-bond donors (Lipinski definition) is 0. The number of aryl methyl sites for hydroxylation is 1. The van der Waals surface area contributed by atoms with E-state index < -0.39 is 4.92 Å². The Bertz CT molecular complexity index is 1510. The van der Waals surface area contributed by atoms with Gasteiger partial charge in [-0.3, -0.25) is 14.9 Å². The van der Waals surface area contributed by atoms with Gasteiger partial charge < -0.3 is 4.74 Å². The Morgan fingerprint density at radius 3 is 2.53 bits per heavy atom. The number of pyridine rings is 1. The van der Waals surface area contributed by atoms with E-state index in [1.165, 1.54) is 16.8 Å². The number of rotatable bonds is 8. The van der Waals surface area contributed by atoms with Gasteiger partial charge in [0.15, 0.2) is 5.75 Å². The van der Waals surface area contributed by atoms with Crippen molar-refractivity contribution in [3.05, 3.63) is 93.9 Å². The summed E-state index contributed by atoms with van der Waals surface area (Å²) in [6.07, 6.45) is 5.16. The smallest absolute Gasteiger partial charge is 0.287 e. The minimum atomic E-state index is -0.528. The van der Waals surface area contributed by atoms with E-state index in [1.54, 1.807) is 24.4 Å². The third-order valence-electron chi connectivity index (χ3n) is 5.11. The van der Waals surface area contributed by atoms with Crippen molar-refractivity contribution in [3.8, 4) is 11.6 Å². The SMILES string of the molecule is CCCCc1nc2ccc(Br)cc2c(=O)n1N=Cc1cc(Br)c(Oc2ccc([N+](=O)[O-])cn2)c(Br)c1. The summed E-state index contributed by atoms with van der Waals surface area (Å²) in [6, 6.07) is 11.7. The number of benzene rings is 2. The van der Waals surface area contributed by atoms with Crippen molar-refractivity contribution in [2.24, 2.45) is 5.10 Å². The minimum absolute atomic E-state index is 0.129. The van der Waals surface area contributed by atoms with Gasteiger partial charge in [0.1, 0.15) is 12.0 Å². The summed E-state index contributed by atoms with van der Waals surface area (Å²) in [5.74, 6) is 1.23. The molecule has 2 aromatic carbocycles. The maximum atomic E-state index is 13.2. The van der Waals surface area contributed by atoms with Crippen LogP contribution in [-0.2, 0) is 6.42 Å². The van der Waals surface area contributed by atoms with Crippen LogP contribution in [0, 0.1) is 10.1 Å². The van der Waals surface area contributed by atoms with Gasteiger partial charge in [-0.25, -0.2) is 9.97 Å². The molecule has 0 atom stereocenters. The van der Waals surface area contributed by atoms with Gasteiger partial charge in [-0.2, -0.15) is 9.78 Å². The van der Waals surface area contributed by atoms with E-state index in [0.717, 1.165) is 23.5 Å². The number of hydrogen-bond acceptors (Lipinski definition) is 7. The molecule has 0 saturated carbocycles. The van der Waals surface area contributed by atoms with Gasteiger partial charge in [0.2, 0.25) is 5.88 Å². The molecule has 2 aromatic heterocycles. The molecule has 4 aromatic rings. The topological polar surface area (TPSA) is 113 Å². The summed E-state index contributed by atoms with van der Waals surface area (Å²) in [5.41, 5.74) is 0.954. The molecule has 0 aliphatic carbocycles. The normalized spacial score (nSPS) is 11.3. The second kappa shape index (κ2) is 11.4. The van der Waals surface area contributed by atoms with E-state index in [2.05, 4.69) is 69.8 Å². The summed E-state index contributed by atoms with van der Waals surface area (Å²) < 4.78 is 9.12. The van der Waals surface area contributed by atoms with Crippen LogP contribution in [0.25, 0.3) is 10.9 Å². The fourth-order valence-electron chi connectivity index (χ4n) is 3.33. The molecule has 0 amide bonds. The molecule has 0 aliphatic heterocycles. The van der Waals surface area contributed by atoms with Gasteiger partial charge in [-0.05, 0) is 74.2 Å². The van der Waals surface area contributed by atoms with E-state index >= 15 is 0 Å². The van der Waals surface area contributed by atoms with Crippen LogP contribution in [0.1, 0.15) is 31.2 Å². The number of nitro groups is 1. The van der Waals surface area contributed by atoms with Crippen molar-refractivity contribution in [2.75, 3.05) is 0 Å². The highest BCUT2D eigenvalue weighted by Gasteiger charge is 2.14. The van der Waals surface area contributed by atoms with E-state index in [1.807, 2.05) is 12.1 Å². The molecular weight excluding hydrogens is 662 g/mol. The van der Waals surface area contributed by atoms with Crippen molar-refractivity contribution in [2.45, 2.75) is 26.2 Å². The zero-order valence-electron chi connectivity index (χ0n) is 18.8. The first-order chi connectivity index (χ1) is 17.3. The second-order valence-corrected chi connectivity index (χ2v) is 10.3. The fraction of sp³-hybridized carbons (Fsp3) is 0.167.